The van der Waals surface area contributed by atoms with Gasteiger partial charge in [0.25, 0.3) is 5.91 Å². The van der Waals surface area contributed by atoms with Gasteiger partial charge in [-0.25, -0.2) is 4.99 Å². The van der Waals surface area contributed by atoms with Crippen molar-refractivity contribution in [2.45, 2.75) is 6.92 Å². The van der Waals surface area contributed by atoms with Crippen molar-refractivity contribution in [1.29, 1.82) is 0 Å². The minimum Gasteiger partial charge on any atom is -0.496 e. The van der Waals surface area contributed by atoms with Gasteiger partial charge in [-0.3, -0.25) is 4.79 Å². The van der Waals surface area contributed by atoms with Crippen molar-refractivity contribution in [2.24, 2.45) is 4.99 Å². The fourth-order valence-electron chi connectivity index (χ4n) is 2.15. The van der Waals surface area contributed by atoms with Crippen LogP contribution < -0.4 is 10.1 Å². The molecule has 1 amide bonds. The lowest BCUT2D eigenvalue weighted by Gasteiger charge is -2.04. The normalized spacial score (nSPS) is 16.0. The number of benzene rings is 1. The Labute approximate surface area is 126 Å². The van der Waals surface area contributed by atoms with Crippen LogP contribution in [0.5, 0.6) is 5.75 Å². The minimum absolute atomic E-state index is 0.174. The zero-order valence-electron chi connectivity index (χ0n) is 11.7. The number of rotatable bonds is 3. The lowest BCUT2D eigenvalue weighted by atomic mass is 10.1. The van der Waals surface area contributed by atoms with E-state index >= 15 is 0 Å². The molecule has 0 unspecified atom stereocenters. The van der Waals surface area contributed by atoms with Crippen LogP contribution in [0.2, 0.25) is 0 Å². The topological polar surface area (TPSA) is 50.7 Å². The number of nitrogens with zero attached hydrogens (tertiary/aromatic N) is 1. The first-order valence-electron chi connectivity index (χ1n) is 6.47. The van der Waals surface area contributed by atoms with Crippen molar-refractivity contribution in [3.8, 4) is 5.75 Å². The van der Waals surface area contributed by atoms with Gasteiger partial charge < -0.3 is 10.1 Å². The summed E-state index contributed by atoms with van der Waals surface area (Å²) in [6.45, 7) is 1.97. The summed E-state index contributed by atoms with van der Waals surface area (Å²) in [5, 5.41) is 4.75. The largest absolute Gasteiger partial charge is 0.496 e. The highest BCUT2D eigenvalue weighted by Gasteiger charge is 2.21. The second-order valence-electron chi connectivity index (χ2n) is 4.65. The monoisotopic (exact) mass is 298 g/mol. The van der Waals surface area contributed by atoms with Gasteiger partial charge >= 0.3 is 0 Å². The van der Waals surface area contributed by atoms with E-state index in [2.05, 4.69) is 10.3 Å². The maximum atomic E-state index is 12.0. The summed E-state index contributed by atoms with van der Waals surface area (Å²) in [5.41, 5.74) is 2.37. The number of methoxy groups -OCH3 is 1. The standard InChI is InChI=1S/C16H14N2O2S/c1-10-8-11(5-6-13(10)20-2)9-12-16(19)18-15(17-12)14-4-3-7-21-14/h3-9H,1-2H3,(H,17,18,19)/b12-9+. The molecular weight excluding hydrogens is 284 g/mol. The Balaban J connectivity index is 1.92. The summed E-state index contributed by atoms with van der Waals surface area (Å²) < 4.78 is 5.23. The van der Waals surface area contributed by atoms with E-state index in [1.165, 1.54) is 0 Å². The molecule has 0 saturated carbocycles. The predicted molar refractivity (Wildman–Crippen MR) is 84.7 cm³/mol. The molecule has 0 bridgehead atoms. The highest BCUT2D eigenvalue weighted by Crippen LogP contribution is 2.22. The molecule has 0 fully saturated rings. The van der Waals surface area contributed by atoms with Crippen LogP contribution in [0.3, 0.4) is 0 Å². The summed E-state index contributed by atoms with van der Waals surface area (Å²) in [4.78, 5) is 17.3. The first kappa shape index (κ1) is 13.6. The molecule has 21 heavy (non-hydrogen) atoms. The Morgan fingerprint density at radius 1 is 1.33 bits per heavy atom. The Morgan fingerprint density at radius 3 is 2.86 bits per heavy atom. The molecule has 2 heterocycles. The van der Waals surface area contributed by atoms with Gasteiger partial charge in [-0.2, -0.15) is 0 Å². The predicted octanol–water partition coefficient (Wildman–Crippen LogP) is 2.98. The SMILES string of the molecule is COc1ccc(/C=C2/N=C(c3cccs3)NC2=O)cc1C. The van der Waals surface area contributed by atoms with Crippen molar-refractivity contribution in [3.63, 3.8) is 0 Å². The average molecular weight is 298 g/mol. The Morgan fingerprint density at radius 2 is 2.19 bits per heavy atom. The van der Waals surface area contributed by atoms with Crippen molar-refractivity contribution >= 4 is 29.2 Å². The van der Waals surface area contributed by atoms with Crippen molar-refractivity contribution < 1.29 is 9.53 Å². The Kier molecular flexibility index (Phi) is 3.58. The molecular formula is C16H14N2O2S. The molecule has 3 rings (SSSR count). The van der Waals surface area contributed by atoms with Gasteiger partial charge in [-0.15, -0.1) is 11.3 Å². The molecule has 1 aliphatic rings. The fourth-order valence-corrected chi connectivity index (χ4v) is 2.82. The van der Waals surface area contributed by atoms with E-state index in [0.29, 0.717) is 11.5 Å². The summed E-state index contributed by atoms with van der Waals surface area (Å²) in [6, 6.07) is 9.63. The van der Waals surface area contributed by atoms with Gasteiger partial charge in [0.2, 0.25) is 0 Å². The number of ether oxygens (including phenoxy) is 1. The van der Waals surface area contributed by atoms with Crippen LogP contribution in [0.1, 0.15) is 16.0 Å². The third kappa shape index (κ3) is 2.73. The van der Waals surface area contributed by atoms with Crippen LogP contribution in [-0.2, 0) is 4.79 Å². The Hall–Kier alpha value is -2.40. The number of thiophene rings is 1. The Bertz CT molecular complexity index is 746. The van der Waals surface area contributed by atoms with E-state index < -0.39 is 0 Å². The number of nitrogens with one attached hydrogen (secondary N) is 1. The van der Waals surface area contributed by atoms with Crippen LogP contribution in [-0.4, -0.2) is 18.9 Å². The van der Waals surface area contributed by atoms with Gasteiger partial charge in [0.15, 0.2) is 5.84 Å². The molecule has 4 nitrogen and oxygen atoms in total. The quantitative estimate of drug-likeness (QED) is 0.886. The number of hydrogen-bond donors (Lipinski definition) is 1. The van der Waals surface area contributed by atoms with E-state index in [9.17, 15) is 4.79 Å². The van der Waals surface area contributed by atoms with Gasteiger partial charge in [-0.05, 0) is 47.7 Å². The van der Waals surface area contributed by atoms with Gasteiger partial charge in [-0.1, -0.05) is 12.1 Å². The molecule has 1 N–H and O–H groups in total. The first-order chi connectivity index (χ1) is 10.2. The summed E-state index contributed by atoms with van der Waals surface area (Å²) in [6.07, 6.45) is 1.78. The zero-order chi connectivity index (χ0) is 14.8. The third-order valence-electron chi connectivity index (χ3n) is 3.17. The van der Waals surface area contributed by atoms with Crippen LogP contribution in [0.25, 0.3) is 6.08 Å². The number of amides is 1. The fraction of sp³-hybridized carbons (Fsp3) is 0.125. The van der Waals surface area contributed by atoms with E-state index in [1.54, 1.807) is 24.5 Å². The number of carbonyl (C=O) groups is 1. The molecule has 0 aliphatic carbocycles. The van der Waals surface area contributed by atoms with E-state index in [4.69, 9.17) is 4.74 Å². The van der Waals surface area contributed by atoms with E-state index in [1.807, 2.05) is 42.6 Å². The molecule has 1 aromatic carbocycles. The molecule has 0 spiro atoms. The zero-order valence-corrected chi connectivity index (χ0v) is 12.5. The van der Waals surface area contributed by atoms with Gasteiger partial charge in [0.05, 0.1) is 12.0 Å². The lowest BCUT2D eigenvalue weighted by molar-refractivity contribution is -0.115. The summed E-state index contributed by atoms with van der Waals surface area (Å²) >= 11 is 1.55. The number of carbonyl (C=O) groups excluding carboxylic acids is 1. The molecule has 1 aromatic heterocycles. The highest BCUT2D eigenvalue weighted by atomic mass is 32.1. The summed E-state index contributed by atoms with van der Waals surface area (Å²) in [5.74, 6) is 1.27. The number of aliphatic imine (C=N–C) groups is 1. The van der Waals surface area contributed by atoms with Crippen LogP contribution in [0, 0.1) is 6.92 Å². The van der Waals surface area contributed by atoms with Crippen molar-refractivity contribution in [2.75, 3.05) is 7.11 Å². The second kappa shape index (κ2) is 5.54. The third-order valence-corrected chi connectivity index (χ3v) is 4.05. The van der Waals surface area contributed by atoms with Gasteiger partial charge in [0.1, 0.15) is 11.4 Å². The van der Waals surface area contributed by atoms with Crippen molar-refractivity contribution in [1.82, 2.24) is 5.32 Å². The van der Waals surface area contributed by atoms with E-state index in [0.717, 1.165) is 21.8 Å². The number of aryl methyl sites for hydroxylation is 1. The van der Waals surface area contributed by atoms with Crippen molar-refractivity contribution in [3.05, 3.63) is 57.4 Å². The molecule has 1 aliphatic heterocycles. The summed E-state index contributed by atoms with van der Waals surface area (Å²) in [7, 11) is 1.64. The molecule has 0 atom stereocenters. The molecule has 0 radical (unpaired) electrons. The minimum atomic E-state index is -0.174. The smallest absolute Gasteiger partial charge is 0.275 e. The van der Waals surface area contributed by atoms with E-state index in [-0.39, 0.29) is 5.91 Å². The molecule has 106 valence electrons. The lowest BCUT2D eigenvalue weighted by Crippen LogP contribution is -2.23. The highest BCUT2D eigenvalue weighted by molar-refractivity contribution is 7.12. The second-order valence-corrected chi connectivity index (χ2v) is 5.60. The molecule has 5 heteroatoms. The van der Waals surface area contributed by atoms with Crippen LogP contribution in [0.15, 0.2) is 46.4 Å². The average Bonchev–Trinajstić information content (AvgIpc) is 3.10. The maximum absolute atomic E-state index is 12.0. The first-order valence-corrected chi connectivity index (χ1v) is 7.35. The molecule has 2 aromatic rings. The van der Waals surface area contributed by atoms with Crippen LogP contribution in [0.4, 0.5) is 0 Å². The van der Waals surface area contributed by atoms with Gasteiger partial charge in [0, 0.05) is 0 Å². The maximum Gasteiger partial charge on any atom is 0.275 e. The number of amidine groups is 1. The van der Waals surface area contributed by atoms with Crippen LogP contribution >= 0.6 is 11.3 Å². The molecule has 0 saturated heterocycles. The number of hydrogen-bond acceptors (Lipinski definition) is 4.